The molecule has 0 spiro atoms. The molecule has 0 aromatic rings. The molecule has 0 aliphatic carbocycles. The third-order valence-electron chi connectivity index (χ3n) is 0. The summed E-state index contributed by atoms with van der Waals surface area (Å²) in [5.74, 6) is 0. The van der Waals surface area contributed by atoms with Crippen LogP contribution in [0.1, 0.15) is 0 Å². The molecule has 0 bridgehead atoms. The van der Waals surface area contributed by atoms with E-state index in [0.717, 1.165) is 0 Å². The van der Waals surface area contributed by atoms with Crippen molar-refractivity contribution in [1.82, 2.24) is 0 Å². The van der Waals surface area contributed by atoms with Gasteiger partial charge in [-0.25, -0.2) is 0 Å². The Hall–Kier alpha value is -0.694. The van der Waals surface area contributed by atoms with Gasteiger partial charge in [0.25, 0.3) is 0 Å². The quantitative estimate of drug-likeness (QED) is 0.189. The van der Waals surface area contributed by atoms with Gasteiger partial charge in [0.05, 0.1) is 0 Å². The first-order valence-electron chi connectivity index (χ1n) is 1.36. The van der Waals surface area contributed by atoms with Crippen molar-refractivity contribution in [3.63, 3.8) is 0 Å². The smallest absolute Gasteiger partial charge is 0.613 e. The van der Waals surface area contributed by atoms with Gasteiger partial charge in [0, 0.05) is 0 Å². The maximum atomic E-state index is 8.69. The first kappa shape index (κ1) is 15.7. The third kappa shape index (κ3) is 427. The number of hydrogen-bond acceptors (Lipinski definition) is 4. The maximum absolute atomic E-state index is 8.69. The fourth-order valence-corrected chi connectivity index (χ4v) is 0. The van der Waals surface area contributed by atoms with Crippen molar-refractivity contribution in [3.05, 3.63) is 20.8 Å². The molecule has 0 saturated carbocycles. The summed E-state index contributed by atoms with van der Waals surface area (Å²) in [4.78, 5) is -1.50. The van der Waals surface area contributed by atoms with Gasteiger partial charge in [-0.2, -0.15) is 9.80 Å². The van der Waals surface area contributed by atoms with Crippen LogP contribution in [-0.2, 0) is 0 Å². The Labute approximate surface area is 67.6 Å². The van der Waals surface area contributed by atoms with Crippen LogP contribution in [0.3, 0.4) is 0 Å². The molecule has 6 nitrogen and oxygen atoms in total. The minimum Gasteiger partial charge on any atom is -0.613 e. The van der Waals surface area contributed by atoms with Crippen molar-refractivity contribution in [1.29, 1.82) is 0 Å². The topological polar surface area (TPSA) is 98.3 Å². The summed E-state index contributed by atoms with van der Waals surface area (Å²) in [7, 11) is 0. The second-order valence-electron chi connectivity index (χ2n) is 0.665. The Morgan fingerprint density at radius 1 is 0.778 bits per heavy atom. The molecule has 0 unspecified atom stereocenters. The van der Waals surface area contributed by atoms with Gasteiger partial charge < -0.3 is 20.8 Å². The molecule has 0 aromatic carbocycles. The van der Waals surface area contributed by atoms with E-state index in [4.69, 9.17) is 20.8 Å². The zero-order valence-corrected chi connectivity index (χ0v) is 6.06. The van der Waals surface area contributed by atoms with Gasteiger partial charge in [-0.1, -0.05) is 0 Å². The maximum Gasteiger partial charge on any atom is 2.00 e. The normalized spacial score (nSPS) is 5.33. The van der Waals surface area contributed by atoms with Crippen molar-refractivity contribution >= 4 is 36.5 Å². The molecule has 0 radical (unpaired) electrons. The van der Waals surface area contributed by atoms with E-state index in [1.807, 2.05) is 0 Å². The van der Waals surface area contributed by atoms with Gasteiger partial charge in [0.1, 0.15) is 0 Å². The van der Waals surface area contributed by atoms with Crippen LogP contribution in [-0.4, -0.2) is 46.3 Å². The van der Waals surface area contributed by atoms with Gasteiger partial charge in [0.2, 0.25) is 0 Å². The molecule has 0 saturated heterocycles. The van der Waals surface area contributed by atoms with Crippen LogP contribution in [0.25, 0.3) is 0 Å². The Morgan fingerprint density at radius 3 is 0.778 bits per heavy atom. The minimum atomic E-state index is -0.750. The third-order valence-corrected chi connectivity index (χ3v) is 0. The van der Waals surface area contributed by atoms with Crippen molar-refractivity contribution in [2.24, 2.45) is 0 Å². The average molecular weight is 144 g/mol. The van der Waals surface area contributed by atoms with Crippen LogP contribution >= 0.6 is 0 Å². The molecule has 0 aliphatic rings. The van der Waals surface area contributed by atoms with Crippen molar-refractivity contribution < 1.29 is 9.80 Å². The van der Waals surface area contributed by atoms with Crippen molar-refractivity contribution in [3.8, 4) is 0 Å². The summed E-state index contributed by atoms with van der Waals surface area (Å²) < 4.78 is 0. The molecule has 0 aliphatic heterocycles. The zero-order valence-electron chi connectivity index (χ0n) is 4.65. The SMILES string of the molecule is C=[N+]([O-])[O-].C=[N+]([O-])[O-].[Mg+2]. The van der Waals surface area contributed by atoms with Gasteiger partial charge in [0.15, 0.2) is 13.4 Å². The first-order chi connectivity index (χ1) is 3.46. The van der Waals surface area contributed by atoms with E-state index in [1.165, 1.54) is 0 Å². The van der Waals surface area contributed by atoms with Gasteiger partial charge >= 0.3 is 23.1 Å². The molecular weight excluding hydrogens is 140 g/mol. The number of nitrogens with zero attached hydrogens (tertiary/aromatic N) is 2. The van der Waals surface area contributed by atoms with E-state index in [2.05, 4.69) is 13.4 Å². The number of hydrogen-bond donors (Lipinski definition) is 0. The van der Waals surface area contributed by atoms with Crippen LogP contribution in [0.5, 0.6) is 0 Å². The largest absolute Gasteiger partial charge is 2.00 e. The molecule has 7 heteroatoms. The second kappa shape index (κ2) is 10.3. The fraction of sp³-hybridized carbons (Fsp3) is 0. The Balaban J connectivity index is -0.0000000720. The van der Waals surface area contributed by atoms with Crippen LogP contribution in [0.2, 0.25) is 0 Å². The molecule has 0 fully saturated rings. The second-order valence-corrected chi connectivity index (χ2v) is 0.665. The summed E-state index contributed by atoms with van der Waals surface area (Å²) in [6.07, 6.45) is 0. The van der Waals surface area contributed by atoms with Crippen LogP contribution in [0.15, 0.2) is 0 Å². The van der Waals surface area contributed by atoms with Gasteiger partial charge in [-0.15, -0.1) is 0 Å². The molecular formula is C2H4MgN2O4. The molecule has 0 atom stereocenters. The molecule has 0 amide bonds. The molecule has 0 aromatic heterocycles. The van der Waals surface area contributed by atoms with Crippen LogP contribution < -0.4 is 0 Å². The first-order valence-corrected chi connectivity index (χ1v) is 1.36. The number of rotatable bonds is 0. The zero-order chi connectivity index (χ0) is 7.15. The summed E-state index contributed by atoms with van der Waals surface area (Å²) in [6.45, 7) is 4.72. The van der Waals surface area contributed by atoms with E-state index in [1.54, 1.807) is 0 Å². The summed E-state index contributed by atoms with van der Waals surface area (Å²) in [5.41, 5.74) is 0. The Morgan fingerprint density at radius 2 is 0.778 bits per heavy atom. The Bertz CT molecular complexity index is 74.6. The molecule has 0 N–H and O–H groups in total. The predicted molar refractivity (Wildman–Crippen MR) is 34.0 cm³/mol. The minimum absolute atomic E-state index is 0. The Kier molecular flexibility index (Phi) is 18.1. The van der Waals surface area contributed by atoms with E-state index in [9.17, 15) is 0 Å². The van der Waals surface area contributed by atoms with Crippen LogP contribution in [0.4, 0.5) is 0 Å². The van der Waals surface area contributed by atoms with Crippen LogP contribution in [0, 0.1) is 20.8 Å². The van der Waals surface area contributed by atoms with Gasteiger partial charge in [-0.05, 0) is 0 Å². The predicted octanol–water partition coefficient (Wildman–Crippen LogP) is -0.991. The van der Waals surface area contributed by atoms with Gasteiger partial charge in [-0.3, -0.25) is 0 Å². The molecule has 0 rings (SSSR count). The molecule has 48 valence electrons. The van der Waals surface area contributed by atoms with E-state index in [-0.39, 0.29) is 23.1 Å². The standard InChI is InChI=1S/2CH2NO2.Mg/c2*1-2(3)4;/h2*1H2;/q2*-1;+2. The summed E-state index contributed by atoms with van der Waals surface area (Å²) in [5, 5.41) is 34.8. The monoisotopic (exact) mass is 144 g/mol. The van der Waals surface area contributed by atoms with Crippen molar-refractivity contribution in [2.75, 3.05) is 0 Å². The fourth-order valence-electron chi connectivity index (χ4n) is 0. The van der Waals surface area contributed by atoms with E-state index < -0.39 is 9.80 Å². The summed E-state index contributed by atoms with van der Waals surface area (Å²) in [6, 6.07) is 0. The molecule has 9 heavy (non-hydrogen) atoms. The average Bonchev–Trinajstić information content (AvgIpc) is 1.25. The summed E-state index contributed by atoms with van der Waals surface area (Å²) >= 11 is 0. The van der Waals surface area contributed by atoms with E-state index in [0.29, 0.717) is 0 Å². The van der Waals surface area contributed by atoms with E-state index >= 15 is 0 Å². The van der Waals surface area contributed by atoms with Crippen molar-refractivity contribution in [2.45, 2.75) is 0 Å². The molecule has 0 heterocycles.